The summed E-state index contributed by atoms with van der Waals surface area (Å²) < 4.78 is 70.5. The number of carbonyl (C=O) groups is 8. The van der Waals surface area contributed by atoms with Gasteiger partial charge in [0.25, 0.3) is 15.6 Å². The maximum absolute atomic E-state index is 13.2. The molecule has 6 unspecified atom stereocenters. The fourth-order valence-corrected chi connectivity index (χ4v) is 15.1. The third kappa shape index (κ3) is 84.1. The Morgan fingerprint density at radius 3 is 0.899 bits per heavy atom. The number of ketones is 2. The summed E-state index contributed by atoms with van der Waals surface area (Å²) in [4.78, 5) is 130. The summed E-state index contributed by atoms with van der Waals surface area (Å²) in [6.07, 6.45) is 60.0. The molecule has 0 aliphatic carbocycles. The molecule has 0 saturated carbocycles. The molecular formula is C92H170N4NaO20P2-. The number of nitrogens with one attached hydrogen (secondary N) is 4. The minimum absolute atomic E-state index is 0. The minimum atomic E-state index is -4.94. The number of allylic oxidation sites excluding steroid dienone is 4. The van der Waals surface area contributed by atoms with E-state index in [1.807, 2.05) is 0 Å². The molecule has 119 heavy (non-hydrogen) atoms. The number of carbonyl (C=O) groups excluding carboxylic acids is 8. The second-order valence-electron chi connectivity index (χ2n) is 32.4. The topological polar surface area (TPSA) is 339 Å². The van der Waals surface area contributed by atoms with Gasteiger partial charge in [-0.25, -0.2) is 0 Å². The van der Waals surface area contributed by atoms with Gasteiger partial charge in [-0.05, 0) is 103 Å². The summed E-state index contributed by atoms with van der Waals surface area (Å²) in [5, 5.41) is 10.8. The van der Waals surface area contributed by atoms with Crippen molar-refractivity contribution in [2.75, 3.05) is 65.9 Å². The molecule has 0 radical (unpaired) electrons. The number of unbranched alkanes of at least 4 members (excludes halogenated alkanes) is 39. The molecule has 0 rings (SSSR count). The van der Waals surface area contributed by atoms with Crippen LogP contribution in [0.2, 0.25) is 0 Å². The standard InChI is InChI=1S/C92H172N4O20P2.Na/c1-7-13-19-25-29-33-37-45-51-59-83(97)75-89(101)95-81(77-109-71-67-85(61-53-43-23-17-11-5)115-91(103)65-57-49-39-35-31-27-21-15-9-3)79-113-117(105,106)111-73-69-93-87(99)63-55-47-41-42-48-56-64-88(100)94-70-74-112-118(107,108)114-80-82(96-90(102)76-84(98)60-52-46-38-34-30-26-20-14-8-2)78-110-72-68-86(62-54-44-24-18-12-6)116-92(104)66-58-50-40-36-32-28-22-16-10-4;/h35-36,39-40,81-82,85-86H,7-34,37-38,41-80H2,1-6H3,(H,93,99)(H,94,100)(H,95,101)(H,96,102)(H,105,106)(H,107,108);/q;+1/p-2/b39-35+,40-36+;. The molecule has 24 nitrogen and oxygen atoms in total. The zero-order valence-electron chi connectivity index (χ0n) is 76.2. The monoisotopic (exact) mass is 1740 g/mol. The molecule has 0 saturated heterocycles. The first-order valence-corrected chi connectivity index (χ1v) is 50.3. The van der Waals surface area contributed by atoms with Crippen molar-refractivity contribution < 1.29 is 124 Å². The average molecular weight is 1740 g/mol. The normalized spacial score (nSPS) is 13.6. The Balaban J connectivity index is 0. The molecule has 0 aromatic carbocycles. The van der Waals surface area contributed by atoms with Gasteiger partial charge in [0.2, 0.25) is 23.6 Å². The van der Waals surface area contributed by atoms with Gasteiger partial charge in [-0.3, -0.25) is 47.5 Å². The second-order valence-corrected chi connectivity index (χ2v) is 35.2. The Kier molecular flexibility index (Phi) is 86.0. The molecule has 4 N–H and O–H groups in total. The van der Waals surface area contributed by atoms with Gasteiger partial charge in [0.15, 0.2) is 0 Å². The molecule has 0 aromatic heterocycles. The van der Waals surface area contributed by atoms with E-state index in [1.54, 1.807) is 0 Å². The first-order valence-electron chi connectivity index (χ1n) is 47.4. The molecule has 0 heterocycles. The summed E-state index contributed by atoms with van der Waals surface area (Å²) >= 11 is 0. The van der Waals surface area contributed by atoms with Gasteiger partial charge in [-0.1, -0.05) is 284 Å². The van der Waals surface area contributed by atoms with Crippen molar-refractivity contribution in [2.24, 2.45) is 0 Å². The van der Waals surface area contributed by atoms with Crippen LogP contribution < -0.4 is 60.6 Å². The van der Waals surface area contributed by atoms with Crippen molar-refractivity contribution in [2.45, 2.75) is 451 Å². The third-order valence-corrected chi connectivity index (χ3v) is 22.7. The Bertz CT molecular complexity index is 2450. The van der Waals surface area contributed by atoms with Crippen LogP contribution in [0.5, 0.6) is 0 Å². The fourth-order valence-electron chi connectivity index (χ4n) is 13.6. The third-order valence-electron chi connectivity index (χ3n) is 20.8. The van der Waals surface area contributed by atoms with Crippen LogP contribution >= 0.6 is 15.6 Å². The molecular weight excluding hydrogens is 1570 g/mol. The van der Waals surface area contributed by atoms with E-state index in [0.717, 1.165) is 154 Å². The number of phosphoric acid groups is 2. The SMILES string of the molecule is CCCCCC/C=C/CCCC(=O)OC(CCCCCCC)CCOCC(COP(=O)([O-])OCCNC(=O)CCCCCCCCC(=O)NCCOP(=O)([O-])OCC(COCCC(CCCCCCC)OC(=O)CCC/C=C/CCCCCC)NC(=O)CC(=O)CCCCCCCCCCC)NC(=O)CC(=O)CCCCCCCCCCC.[Na+]. The number of esters is 2. The largest absolute Gasteiger partial charge is 1.00 e. The van der Waals surface area contributed by atoms with E-state index in [0.29, 0.717) is 77.0 Å². The zero-order valence-corrected chi connectivity index (χ0v) is 80.0. The van der Waals surface area contributed by atoms with E-state index in [-0.39, 0.29) is 155 Å². The second kappa shape index (κ2) is 86.9. The molecule has 0 aliphatic rings. The number of amides is 4. The molecule has 690 valence electrons. The van der Waals surface area contributed by atoms with Crippen LogP contribution in [0.3, 0.4) is 0 Å². The predicted molar refractivity (Wildman–Crippen MR) is 470 cm³/mol. The Hall–Kier alpha value is -3.22. The van der Waals surface area contributed by atoms with Crippen molar-refractivity contribution in [3.63, 3.8) is 0 Å². The summed E-state index contributed by atoms with van der Waals surface area (Å²) in [6.45, 7) is 11.0. The van der Waals surface area contributed by atoms with E-state index in [2.05, 4.69) is 87.1 Å². The van der Waals surface area contributed by atoms with E-state index < -0.39 is 66.0 Å². The first-order chi connectivity index (χ1) is 57.2. The van der Waals surface area contributed by atoms with Crippen molar-refractivity contribution in [1.29, 1.82) is 0 Å². The van der Waals surface area contributed by atoms with Crippen LogP contribution in [-0.4, -0.2) is 137 Å². The van der Waals surface area contributed by atoms with Crippen molar-refractivity contribution in [3.05, 3.63) is 24.3 Å². The van der Waals surface area contributed by atoms with Crippen molar-refractivity contribution in [3.8, 4) is 0 Å². The van der Waals surface area contributed by atoms with Gasteiger partial charge in [0.05, 0.1) is 77.8 Å². The van der Waals surface area contributed by atoms with Gasteiger partial charge in [-0.15, -0.1) is 0 Å². The maximum atomic E-state index is 13.2. The van der Waals surface area contributed by atoms with Crippen LogP contribution in [0.1, 0.15) is 427 Å². The molecule has 0 aromatic rings. The Morgan fingerprint density at radius 1 is 0.303 bits per heavy atom. The van der Waals surface area contributed by atoms with Crippen molar-refractivity contribution in [1.82, 2.24) is 21.3 Å². The van der Waals surface area contributed by atoms with E-state index in [4.69, 9.17) is 37.0 Å². The van der Waals surface area contributed by atoms with E-state index >= 15 is 0 Å². The van der Waals surface area contributed by atoms with Gasteiger partial charge >= 0.3 is 41.5 Å². The summed E-state index contributed by atoms with van der Waals surface area (Å²) in [7, 11) is -9.88. The average Bonchev–Trinajstić information content (AvgIpc) is 0.908. The fraction of sp³-hybridized carbons (Fsp3) is 0.870. The molecule has 0 spiro atoms. The van der Waals surface area contributed by atoms with Gasteiger partial charge in [0, 0.05) is 64.5 Å². The van der Waals surface area contributed by atoms with Crippen LogP contribution in [0.25, 0.3) is 0 Å². The number of hydrogen-bond acceptors (Lipinski definition) is 20. The Morgan fingerprint density at radius 2 is 0.580 bits per heavy atom. The first kappa shape index (κ1) is 118. The summed E-state index contributed by atoms with van der Waals surface area (Å²) in [6, 6.07) is -1.94. The number of phosphoric ester groups is 2. The van der Waals surface area contributed by atoms with Gasteiger partial charge in [-0.2, -0.15) is 0 Å². The van der Waals surface area contributed by atoms with E-state index in [1.165, 1.54) is 116 Å². The number of ether oxygens (including phenoxy) is 4. The molecule has 4 amide bonds. The number of hydrogen-bond donors (Lipinski definition) is 4. The minimum Gasteiger partial charge on any atom is -0.756 e. The summed E-state index contributed by atoms with van der Waals surface area (Å²) in [5.74, 6) is -2.68. The van der Waals surface area contributed by atoms with Gasteiger partial charge < -0.3 is 68.1 Å². The van der Waals surface area contributed by atoms with Crippen LogP contribution in [0, 0.1) is 0 Å². The molecule has 0 aliphatic heterocycles. The zero-order chi connectivity index (χ0) is 86.7. The molecule has 0 fully saturated rings. The smallest absolute Gasteiger partial charge is 0.756 e. The van der Waals surface area contributed by atoms with Crippen molar-refractivity contribution >= 4 is 62.8 Å². The number of Topliss-reactive ketones (excluding diaryl/α,β-unsaturated/α-hetero) is 2. The van der Waals surface area contributed by atoms with Crippen LogP contribution in [-0.2, 0) is 84.5 Å². The molecule has 0 bridgehead atoms. The van der Waals surface area contributed by atoms with E-state index in [9.17, 15) is 57.3 Å². The molecule has 6 atom stereocenters. The van der Waals surface area contributed by atoms with Crippen LogP contribution in [0.4, 0.5) is 0 Å². The molecule has 27 heteroatoms. The quantitative estimate of drug-likeness (QED) is 0.0110. The summed E-state index contributed by atoms with van der Waals surface area (Å²) in [5.41, 5.74) is 0. The number of rotatable bonds is 91. The maximum Gasteiger partial charge on any atom is 1.00 e. The Labute approximate surface area is 744 Å². The predicted octanol–water partition coefficient (Wildman–Crippen LogP) is 17.8. The van der Waals surface area contributed by atoms with Crippen LogP contribution in [0.15, 0.2) is 24.3 Å². The van der Waals surface area contributed by atoms with Gasteiger partial charge in [0.1, 0.15) is 23.8 Å².